The number of piperidine rings is 1. The Balaban J connectivity index is 2.00. The fourth-order valence-electron chi connectivity index (χ4n) is 2.55. The number of likely N-dealkylation sites (tertiary alicyclic amines) is 1. The van der Waals surface area contributed by atoms with E-state index in [4.69, 9.17) is 5.26 Å². The quantitative estimate of drug-likeness (QED) is 0.749. The molecule has 1 aliphatic heterocycles. The molecule has 94 valence electrons. The van der Waals surface area contributed by atoms with Gasteiger partial charge in [-0.15, -0.1) is 0 Å². The van der Waals surface area contributed by atoms with E-state index in [1.54, 1.807) is 6.07 Å². The van der Waals surface area contributed by atoms with Gasteiger partial charge in [0.2, 0.25) is 0 Å². The second-order valence-electron chi connectivity index (χ2n) is 4.85. The minimum Gasteiger partial charge on any atom is -0.550 e. The molecule has 0 aromatic heterocycles. The topological polar surface area (TPSA) is 68.4 Å². The van der Waals surface area contributed by atoms with Gasteiger partial charge >= 0.3 is 0 Å². The largest absolute Gasteiger partial charge is 0.550 e. The number of benzene rings is 1. The summed E-state index contributed by atoms with van der Waals surface area (Å²) in [4.78, 5) is 12.1. The Morgan fingerprint density at radius 1 is 1.56 bits per heavy atom. The van der Waals surface area contributed by atoms with Gasteiger partial charge in [0.25, 0.3) is 0 Å². The van der Waals surface area contributed by atoms with Crippen molar-refractivity contribution in [3.05, 3.63) is 35.4 Å². The third kappa shape index (κ3) is 3.08. The molecule has 0 saturated carbocycles. The average molecular weight is 244 g/mol. The summed E-state index contributed by atoms with van der Waals surface area (Å²) in [5.74, 6) is -1.26. The molecule has 0 aliphatic carbocycles. The van der Waals surface area contributed by atoms with E-state index in [9.17, 15) is 9.90 Å². The van der Waals surface area contributed by atoms with Gasteiger partial charge in [-0.1, -0.05) is 12.1 Å². The van der Waals surface area contributed by atoms with Crippen molar-refractivity contribution in [1.82, 2.24) is 0 Å². The van der Waals surface area contributed by atoms with Crippen LogP contribution in [-0.2, 0) is 11.3 Å². The number of rotatable bonds is 3. The van der Waals surface area contributed by atoms with Crippen molar-refractivity contribution < 1.29 is 14.8 Å². The van der Waals surface area contributed by atoms with Crippen LogP contribution in [0.15, 0.2) is 24.3 Å². The number of carboxylic acids is 1. The summed E-state index contributed by atoms with van der Waals surface area (Å²) in [6.07, 6.45) is 1.65. The Morgan fingerprint density at radius 2 is 2.39 bits per heavy atom. The number of quaternary nitrogens is 1. The molecule has 18 heavy (non-hydrogen) atoms. The Hall–Kier alpha value is -1.86. The number of carboxylic acid groups (broad SMARTS) is 1. The minimum atomic E-state index is -0.932. The lowest BCUT2D eigenvalue weighted by molar-refractivity contribution is -0.921. The second kappa shape index (κ2) is 5.65. The fraction of sp³-hybridized carbons (Fsp3) is 0.429. The molecule has 1 N–H and O–H groups in total. The van der Waals surface area contributed by atoms with E-state index in [0.29, 0.717) is 12.1 Å². The number of hydrogen-bond donors (Lipinski definition) is 1. The first kappa shape index (κ1) is 12.6. The molecule has 4 heteroatoms. The van der Waals surface area contributed by atoms with Crippen LogP contribution in [-0.4, -0.2) is 19.1 Å². The number of carbonyl (C=O) groups is 1. The zero-order chi connectivity index (χ0) is 13.0. The van der Waals surface area contributed by atoms with Gasteiger partial charge in [0.15, 0.2) is 0 Å². The van der Waals surface area contributed by atoms with Gasteiger partial charge in [-0.2, -0.15) is 5.26 Å². The molecule has 1 aromatic rings. The highest BCUT2D eigenvalue weighted by molar-refractivity contribution is 5.67. The van der Waals surface area contributed by atoms with Gasteiger partial charge in [-0.05, 0) is 25.0 Å². The zero-order valence-electron chi connectivity index (χ0n) is 10.2. The summed E-state index contributed by atoms with van der Waals surface area (Å²) in [5, 5.41) is 19.7. The van der Waals surface area contributed by atoms with Crippen LogP contribution in [0.4, 0.5) is 0 Å². The Morgan fingerprint density at radius 3 is 3.11 bits per heavy atom. The predicted molar refractivity (Wildman–Crippen MR) is 63.3 cm³/mol. The predicted octanol–water partition coefficient (Wildman–Crippen LogP) is -0.897. The molecule has 2 atom stereocenters. The molecule has 0 radical (unpaired) electrons. The normalized spacial score (nSPS) is 23.3. The van der Waals surface area contributed by atoms with Gasteiger partial charge in [0, 0.05) is 11.5 Å². The maximum Gasteiger partial charge on any atom is 0.103 e. The van der Waals surface area contributed by atoms with E-state index in [1.165, 1.54) is 4.90 Å². The Kier molecular flexibility index (Phi) is 3.96. The Bertz CT molecular complexity index is 479. The van der Waals surface area contributed by atoms with E-state index in [1.807, 2.05) is 18.2 Å². The van der Waals surface area contributed by atoms with Crippen LogP contribution in [0.3, 0.4) is 0 Å². The molecule has 0 spiro atoms. The van der Waals surface area contributed by atoms with Gasteiger partial charge in [0.05, 0.1) is 30.7 Å². The lowest BCUT2D eigenvalue weighted by atomic mass is 9.98. The molecule has 1 aliphatic rings. The van der Waals surface area contributed by atoms with E-state index in [-0.39, 0.29) is 5.92 Å². The fourth-order valence-corrected chi connectivity index (χ4v) is 2.55. The smallest absolute Gasteiger partial charge is 0.103 e. The first-order valence-corrected chi connectivity index (χ1v) is 6.22. The highest BCUT2D eigenvalue weighted by Crippen LogP contribution is 2.07. The SMILES string of the molecule is N#Cc1cccc(C[NH+]2CCC[C@H](C(=O)[O-])C2)c1. The maximum atomic E-state index is 10.9. The third-order valence-corrected chi connectivity index (χ3v) is 3.46. The monoisotopic (exact) mass is 244 g/mol. The molecule has 1 aromatic carbocycles. The van der Waals surface area contributed by atoms with Crippen LogP contribution in [0, 0.1) is 17.2 Å². The summed E-state index contributed by atoms with van der Waals surface area (Å²) < 4.78 is 0. The first-order chi connectivity index (χ1) is 8.69. The van der Waals surface area contributed by atoms with E-state index in [0.717, 1.165) is 31.5 Å². The van der Waals surface area contributed by atoms with Crippen molar-refractivity contribution in [2.45, 2.75) is 19.4 Å². The van der Waals surface area contributed by atoms with Crippen molar-refractivity contribution >= 4 is 5.97 Å². The summed E-state index contributed by atoms with van der Waals surface area (Å²) in [6, 6.07) is 9.62. The molecule has 1 saturated heterocycles. The number of nitrogens with zero attached hydrogens (tertiary/aromatic N) is 1. The van der Waals surface area contributed by atoms with Crippen LogP contribution >= 0.6 is 0 Å². The second-order valence-corrected chi connectivity index (χ2v) is 4.85. The van der Waals surface area contributed by atoms with E-state index >= 15 is 0 Å². The number of hydrogen-bond acceptors (Lipinski definition) is 3. The van der Waals surface area contributed by atoms with Crippen LogP contribution in [0.2, 0.25) is 0 Å². The number of aliphatic carboxylic acids is 1. The molecular weight excluding hydrogens is 228 g/mol. The lowest BCUT2D eigenvalue weighted by Gasteiger charge is -2.30. The molecule has 1 unspecified atom stereocenters. The van der Waals surface area contributed by atoms with Gasteiger partial charge in [-0.25, -0.2) is 0 Å². The van der Waals surface area contributed by atoms with E-state index < -0.39 is 5.97 Å². The molecule has 4 nitrogen and oxygen atoms in total. The van der Waals surface area contributed by atoms with Crippen LogP contribution in [0.5, 0.6) is 0 Å². The van der Waals surface area contributed by atoms with Gasteiger partial charge < -0.3 is 14.8 Å². The lowest BCUT2D eigenvalue weighted by Crippen LogP contribution is -3.12. The zero-order valence-corrected chi connectivity index (χ0v) is 10.2. The van der Waals surface area contributed by atoms with Crippen LogP contribution < -0.4 is 10.0 Å². The number of nitrogens with one attached hydrogen (secondary N) is 1. The minimum absolute atomic E-state index is 0.326. The Labute approximate surface area is 106 Å². The molecule has 1 fully saturated rings. The molecule has 2 rings (SSSR count). The molecule has 1 heterocycles. The highest BCUT2D eigenvalue weighted by Gasteiger charge is 2.23. The maximum absolute atomic E-state index is 10.9. The number of nitriles is 1. The van der Waals surface area contributed by atoms with Crippen molar-refractivity contribution in [2.24, 2.45) is 5.92 Å². The van der Waals surface area contributed by atoms with Crippen molar-refractivity contribution in [1.29, 1.82) is 5.26 Å². The van der Waals surface area contributed by atoms with Crippen molar-refractivity contribution in [3.63, 3.8) is 0 Å². The average Bonchev–Trinajstić information content (AvgIpc) is 2.39. The molecule has 0 amide bonds. The summed E-state index contributed by atoms with van der Waals surface area (Å²) in [6.45, 7) is 2.39. The third-order valence-electron chi connectivity index (χ3n) is 3.46. The molecular formula is C14H16N2O2. The standard InChI is InChI=1S/C14H16N2O2/c15-8-11-3-1-4-12(7-11)9-16-6-2-5-13(10-16)14(17)18/h1,3-4,7,13H,2,5-6,9-10H2,(H,17,18)/t13-/m0/s1. The van der Waals surface area contributed by atoms with Crippen molar-refractivity contribution in [3.8, 4) is 6.07 Å². The van der Waals surface area contributed by atoms with Gasteiger partial charge in [-0.3, -0.25) is 0 Å². The van der Waals surface area contributed by atoms with Crippen LogP contribution in [0.1, 0.15) is 24.0 Å². The van der Waals surface area contributed by atoms with E-state index in [2.05, 4.69) is 6.07 Å². The highest BCUT2D eigenvalue weighted by atomic mass is 16.4. The molecule has 0 bridgehead atoms. The number of carbonyl (C=O) groups excluding carboxylic acids is 1. The summed E-state index contributed by atoms with van der Waals surface area (Å²) in [7, 11) is 0. The summed E-state index contributed by atoms with van der Waals surface area (Å²) in [5.41, 5.74) is 1.74. The van der Waals surface area contributed by atoms with Gasteiger partial charge in [0.1, 0.15) is 6.54 Å². The van der Waals surface area contributed by atoms with Crippen LogP contribution in [0.25, 0.3) is 0 Å². The summed E-state index contributed by atoms with van der Waals surface area (Å²) >= 11 is 0. The van der Waals surface area contributed by atoms with Crippen molar-refractivity contribution in [2.75, 3.05) is 13.1 Å². The first-order valence-electron chi connectivity index (χ1n) is 6.22.